The molecule has 1 atom stereocenters. The summed E-state index contributed by atoms with van der Waals surface area (Å²) >= 11 is 0. The van der Waals surface area contributed by atoms with Gasteiger partial charge in [0.25, 0.3) is 0 Å². The number of carbonyl (C=O) groups excluding carboxylic acids is 1. The van der Waals surface area contributed by atoms with Crippen LogP contribution in [0.25, 0.3) is 0 Å². The first kappa shape index (κ1) is 17.0. The van der Waals surface area contributed by atoms with Crippen molar-refractivity contribution in [2.24, 2.45) is 0 Å². The minimum Gasteiger partial charge on any atom is -0.368 e. The Hall–Kier alpha value is -1.82. The third-order valence-electron chi connectivity index (χ3n) is 5.17. The average molecular weight is 331 g/mol. The largest absolute Gasteiger partial charge is 0.368 e. The smallest absolute Gasteiger partial charge is 0.317 e. The second-order valence-corrected chi connectivity index (χ2v) is 6.99. The number of aromatic nitrogens is 1. The Labute approximate surface area is 144 Å². The fourth-order valence-corrected chi connectivity index (χ4v) is 3.80. The Kier molecular flexibility index (Phi) is 5.56. The van der Waals surface area contributed by atoms with Crippen LogP contribution >= 0.6 is 0 Å². The third kappa shape index (κ3) is 3.98. The van der Waals surface area contributed by atoms with E-state index < -0.39 is 0 Å². The lowest BCUT2D eigenvalue weighted by molar-refractivity contribution is 0.177. The molecule has 1 aromatic rings. The molecular formula is C18H29N5O. The summed E-state index contributed by atoms with van der Waals surface area (Å²) in [6.07, 6.45) is 6.06. The number of nitrogens with one attached hydrogen (secondary N) is 1. The normalized spacial score (nSPS) is 22.2. The first-order valence-corrected chi connectivity index (χ1v) is 9.08. The van der Waals surface area contributed by atoms with E-state index in [4.69, 9.17) is 0 Å². The van der Waals surface area contributed by atoms with Gasteiger partial charge in [0.1, 0.15) is 0 Å². The molecule has 6 heteroatoms. The van der Waals surface area contributed by atoms with E-state index in [9.17, 15) is 4.79 Å². The molecule has 0 saturated carbocycles. The highest BCUT2D eigenvalue weighted by Crippen LogP contribution is 2.19. The SMILES string of the molecule is CC(C)N1CCC[C@H]1CNC(=O)N1CCN(c2ccncc2)CC1. The maximum Gasteiger partial charge on any atom is 0.317 e. The summed E-state index contributed by atoms with van der Waals surface area (Å²) in [6, 6.07) is 5.18. The predicted molar refractivity (Wildman–Crippen MR) is 96.3 cm³/mol. The number of likely N-dealkylation sites (tertiary alicyclic amines) is 1. The summed E-state index contributed by atoms with van der Waals surface area (Å²) in [4.78, 5) is 23.2. The summed E-state index contributed by atoms with van der Waals surface area (Å²) in [5, 5.41) is 3.15. The van der Waals surface area contributed by atoms with Crippen molar-refractivity contribution in [2.75, 3.05) is 44.2 Å². The second-order valence-electron chi connectivity index (χ2n) is 6.99. The van der Waals surface area contributed by atoms with Crippen LogP contribution in [0.1, 0.15) is 26.7 Å². The van der Waals surface area contributed by atoms with E-state index in [1.807, 2.05) is 29.4 Å². The van der Waals surface area contributed by atoms with Crippen LogP contribution in [0.3, 0.4) is 0 Å². The van der Waals surface area contributed by atoms with E-state index in [1.165, 1.54) is 18.5 Å². The van der Waals surface area contributed by atoms with Crippen molar-refractivity contribution in [1.82, 2.24) is 20.1 Å². The molecule has 2 amide bonds. The van der Waals surface area contributed by atoms with Crippen molar-refractivity contribution in [3.05, 3.63) is 24.5 Å². The Balaban J connectivity index is 1.44. The van der Waals surface area contributed by atoms with Crippen LogP contribution in [0.5, 0.6) is 0 Å². The summed E-state index contributed by atoms with van der Waals surface area (Å²) in [5.74, 6) is 0. The van der Waals surface area contributed by atoms with Crippen LogP contribution in [0, 0.1) is 0 Å². The van der Waals surface area contributed by atoms with E-state index in [0.29, 0.717) is 12.1 Å². The lowest BCUT2D eigenvalue weighted by Crippen LogP contribution is -2.53. The van der Waals surface area contributed by atoms with Crippen molar-refractivity contribution in [2.45, 2.75) is 38.8 Å². The third-order valence-corrected chi connectivity index (χ3v) is 5.17. The van der Waals surface area contributed by atoms with Gasteiger partial charge in [-0.1, -0.05) is 0 Å². The lowest BCUT2D eigenvalue weighted by Gasteiger charge is -2.36. The summed E-state index contributed by atoms with van der Waals surface area (Å²) in [5.41, 5.74) is 1.18. The summed E-state index contributed by atoms with van der Waals surface area (Å²) < 4.78 is 0. The van der Waals surface area contributed by atoms with E-state index in [2.05, 4.69) is 33.9 Å². The molecule has 0 aromatic carbocycles. The highest BCUT2D eigenvalue weighted by Gasteiger charge is 2.28. The highest BCUT2D eigenvalue weighted by atomic mass is 16.2. The molecule has 1 N–H and O–H groups in total. The van der Waals surface area contributed by atoms with Gasteiger partial charge in [0, 0.05) is 62.9 Å². The molecule has 3 heterocycles. The molecule has 0 spiro atoms. The fraction of sp³-hybridized carbons (Fsp3) is 0.667. The van der Waals surface area contributed by atoms with Gasteiger partial charge < -0.3 is 15.1 Å². The van der Waals surface area contributed by atoms with Gasteiger partial charge in [-0.3, -0.25) is 9.88 Å². The molecule has 0 radical (unpaired) electrons. The predicted octanol–water partition coefficient (Wildman–Crippen LogP) is 1.79. The molecule has 2 aliphatic heterocycles. The molecule has 132 valence electrons. The number of amides is 2. The van der Waals surface area contributed by atoms with E-state index in [1.54, 1.807) is 0 Å². The van der Waals surface area contributed by atoms with Crippen LogP contribution in [0.2, 0.25) is 0 Å². The van der Waals surface area contributed by atoms with E-state index in [-0.39, 0.29) is 6.03 Å². The molecule has 2 aliphatic rings. The highest BCUT2D eigenvalue weighted by molar-refractivity contribution is 5.74. The molecular weight excluding hydrogens is 302 g/mol. The number of rotatable bonds is 4. The van der Waals surface area contributed by atoms with Crippen molar-refractivity contribution < 1.29 is 4.79 Å². The van der Waals surface area contributed by atoms with Gasteiger partial charge in [0.2, 0.25) is 0 Å². The van der Waals surface area contributed by atoms with Crippen molar-refractivity contribution >= 4 is 11.7 Å². The van der Waals surface area contributed by atoms with Crippen LogP contribution in [-0.4, -0.2) is 72.2 Å². The monoisotopic (exact) mass is 331 g/mol. The number of piperazine rings is 1. The number of hydrogen-bond acceptors (Lipinski definition) is 4. The quantitative estimate of drug-likeness (QED) is 0.914. The molecule has 0 aliphatic carbocycles. The van der Waals surface area contributed by atoms with E-state index >= 15 is 0 Å². The average Bonchev–Trinajstić information content (AvgIpc) is 3.09. The number of urea groups is 1. The molecule has 6 nitrogen and oxygen atoms in total. The molecule has 24 heavy (non-hydrogen) atoms. The lowest BCUT2D eigenvalue weighted by atomic mass is 10.2. The number of hydrogen-bond donors (Lipinski definition) is 1. The number of nitrogens with zero attached hydrogens (tertiary/aromatic N) is 4. The molecule has 3 rings (SSSR count). The zero-order valence-corrected chi connectivity index (χ0v) is 14.8. The zero-order valence-electron chi connectivity index (χ0n) is 14.8. The van der Waals surface area contributed by atoms with Gasteiger partial charge in [-0.05, 0) is 45.4 Å². The van der Waals surface area contributed by atoms with Crippen molar-refractivity contribution in [1.29, 1.82) is 0 Å². The Morgan fingerprint density at radius 3 is 2.58 bits per heavy atom. The zero-order chi connectivity index (χ0) is 16.9. The minimum absolute atomic E-state index is 0.0833. The summed E-state index contributed by atoms with van der Waals surface area (Å²) in [6.45, 7) is 9.68. The molecule has 0 bridgehead atoms. The van der Waals surface area contributed by atoms with Crippen molar-refractivity contribution in [3.8, 4) is 0 Å². The minimum atomic E-state index is 0.0833. The van der Waals surface area contributed by atoms with Gasteiger partial charge in [0.05, 0.1) is 0 Å². The number of anilines is 1. The number of pyridine rings is 1. The topological polar surface area (TPSA) is 51.7 Å². The Bertz CT molecular complexity index is 527. The van der Waals surface area contributed by atoms with Gasteiger partial charge >= 0.3 is 6.03 Å². The van der Waals surface area contributed by atoms with Crippen LogP contribution in [0.15, 0.2) is 24.5 Å². The van der Waals surface area contributed by atoms with E-state index in [0.717, 1.165) is 39.3 Å². The molecule has 2 saturated heterocycles. The van der Waals surface area contributed by atoms with Gasteiger partial charge in [0.15, 0.2) is 0 Å². The van der Waals surface area contributed by atoms with Gasteiger partial charge in [-0.15, -0.1) is 0 Å². The Morgan fingerprint density at radius 1 is 1.21 bits per heavy atom. The first-order chi connectivity index (χ1) is 11.6. The Morgan fingerprint density at radius 2 is 1.92 bits per heavy atom. The second kappa shape index (κ2) is 7.83. The standard InChI is InChI=1S/C18H29N5O/c1-15(2)23-9-3-4-17(23)14-20-18(24)22-12-10-21(11-13-22)16-5-7-19-8-6-16/h5-8,15,17H,3-4,9-14H2,1-2H3,(H,20,24)/t17-/m0/s1. The maximum atomic E-state index is 12.4. The maximum absolute atomic E-state index is 12.4. The fourth-order valence-electron chi connectivity index (χ4n) is 3.80. The number of carbonyl (C=O) groups is 1. The molecule has 0 unspecified atom stereocenters. The van der Waals surface area contributed by atoms with Gasteiger partial charge in [-0.25, -0.2) is 4.79 Å². The van der Waals surface area contributed by atoms with Crippen LogP contribution in [0.4, 0.5) is 10.5 Å². The van der Waals surface area contributed by atoms with Crippen LogP contribution < -0.4 is 10.2 Å². The molecule has 1 aromatic heterocycles. The first-order valence-electron chi connectivity index (χ1n) is 9.08. The van der Waals surface area contributed by atoms with Crippen molar-refractivity contribution in [3.63, 3.8) is 0 Å². The van der Waals surface area contributed by atoms with Gasteiger partial charge in [-0.2, -0.15) is 0 Å². The summed E-state index contributed by atoms with van der Waals surface area (Å²) in [7, 11) is 0. The molecule has 2 fully saturated rings. The van der Waals surface area contributed by atoms with Crippen LogP contribution in [-0.2, 0) is 0 Å².